The van der Waals surface area contributed by atoms with Gasteiger partial charge in [0, 0.05) is 48.9 Å². The lowest BCUT2D eigenvalue weighted by atomic mass is 9.79. The fourth-order valence-electron chi connectivity index (χ4n) is 6.64. The van der Waals surface area contributed by atoms with Crippen molar-refractivity contribution in [3.63, 3.8) is 0 Å². The van der Waals surface area contributed by atoms with Gasteiger partial charge < -0.3 is 9.64 Å². The Morgan fingerprint density at radius 3 is 2.49 bits per heavy atom. The number of benzene rings is 1. The van der Waals surface area contributed by atoms with Gasteiger partial charge >= 0.3 is 6.18 Å². The van der Waals surface area contributed by atoms with Crippen molar-refractivity contribution in [1.82, 2.24) is 19.5 Å². The molecule has 2 aromatic heterocycles. The molecule has 0 unspecified atom stereocenters. The van der Waals surface area contributed by atoms with E-state index in [4.69, 9.17) is 4.74 Å². The highest BCUT2D eigenvalue weighted by molar-refractivity contribution is 5.85. The quantitative estimate of drug-likeness (QED) is 0.443. The van der Waals surface area contributed by atoms with Gasteiger partial charge in [-0.05, 0) is 36.8 Å². The second-order valence-corrected chi connectivity index (χ2v) is 11.2. The summed E-state index contributed by atoms with van der Waals surface area (Å²) in [6.07, 6.45) is -0.858. The Kier molecular flexibility index (Phi) is 5.42. The monoisotopic (exact) mass is 516 g/mol. The predicted molar refractivity (Wildman–Crippen MR) is 126 cm³/mol. The third-order valence-electron chi connectivity index (χ3n) is 8.48. The summed E-state index contributed by atoms with van der Waals surface area (Å²) < 4.78 is 63.9. The number of carbonyl (C=O) groups is 1. The molecule has 2 saturated heterocycles. The minimum Gasteiger partial charge on any atom is -0.381 e. The standard InChI is InChI=1S/C27H28F4N4O2/c1-25(2)14-18(19-15-32-21-13-20(28)33-35(21)23(19)25)16-3-5-17(6-4-16)22(27(29,30)31)34-10-7-26(24(34)36)8-11-37-12-9-26/h3-6,13,15,18,22H,7-12,14H2,1-2H3/t18-,22-/m0/s1. The molecule has 6 nitrogen and oxygen atoms in total. The molecule has 4 heterocycles. The van der Waals surface area contributed by atoms with Crippen LogP contribution in [-0.4, -0.2) is 51.3 Å². The Bertz CT molecular complexity index is 1360. The minimum absolute atomic E-state index is 0.0499. The van der Waals surface area contributed by atoms with Crippen molar-refractivity contribution in [3.8, 4) is 0 Å². The highest BCUT2D eigenvalue weighted by Crippen LogP contribution is 2.50. The zero-order valence-electron chi connectivity index (χ0n) is 20.7. The number of fused-ring (bicyclic) bond motifs is 3. The van der Waals surface area contributed by atoms with Gasteiger partial charge in [-0.3, -0.25) is 4.79 Å². The van der Waals surface area contributed by atoms with E-state index < -0.39 is 29.5 Å². The van der Waals surface area contributed by atoms with Crippen molar-refractivity contribution in [2.45, 2.75) is 63.1 Å². The molecule has 0 saturated carbocycles. The number of ether oxygens (including phenoxy) is 1. The first-order valence-corrected chi connectivity index (χ1v) is 12.6. The number of rotatable bonds is 3. The van der Waals surface area contributed by atoms with Crippen LogP contribution in [0.2, 0.25) is 0 Å². The zero-order valence-corrected chi connectivity index (χ0v) is 20.7. The highest BCUT2D eigenvalue weighted by Gasteiger charge is 2.55. The van der Waals surface area contributed by atoms with Crippen LogP contribution in [0.3, 0.4) is 0 Å². The van der Waals surface area contributed by atoms with Crippen LogP contribution in [0.1, 0.15) is 73.9 Å². The van der Waals surface area contributed by atoms with Crippen molar-refractivity contribution in [1.29, 1.82) is 0 Å². The first-order valence-electron chi connectivity index (χ1n) is 12.6. The predicted octanol–water partition coefficient (Wildman–Crippen LogP) is 5.31. The highest BCUT2D eigenvalue weighted by atomic mass is 19.4. The van der Waals surface area contributed by atoms with Gasteiger partial charge in [-0.1, -0.05) is 38.1 Å². The molecule has 196 valence electrons. The number of aromatic nitrogens is 3. The van der Waals surface area contributed by atoms with E-state index in [2.05, 4.69) is 10.1 Å². The fraction of sp³-hybridized carbons (Fsp3) is 0.519. The van der Waals surface area contributed by atoms with E-state index in [1.54, 1.807) is 18.3 Å². The second kappa shape index (κ2) is 8.24. The number of hydrogen-bond donors (Lipinski definition) is 0. The molecule has 3 aromatic rings. The summed E-state index contributed by atoms with van der Waals surface area (Å²) in [6.45, 7) is 4.97. The summed E-state index contributed by atoms with van der Waals surface area (Å²) >= 11 is 0. The third-order valence-corrected chi connectivity index (χ3v) is 8.48. The van der Waals surface area contributed by atoms with Gasteiger partial charge in [-0.15, -0.1) is 5.10 Å². The maximum Gasteiger partial charge on any atom is 0.413 e. The number of hydrogen-bond acceptors (Lipinski definition) is 4. The Hall–Kier alpha value is -3.01. The molecule has 1 spiro atoms. The lowest BCUT2D eigenvalue weighted by molar-refractivity contribution is -0.191. The fourth-order valence-corrected chi connectivity index (χ4v) is 6.64. The zero-order chi connectivity index (χ0) is 26.2. The van der Waals surface area contributed by atoms with Crippen LogP contribution < -0.4 is 0 Å². The minimum atomic E-state index is -4.60. The lowest BCUT2D eigenvalue weighted by Gasteiger charge is -2.35. The van der Waals surface area contributed by atoms with Gasteiger partial charge in [-0.2, -0.15) is 17.6 Å². The molecule has 6 rings (SSSR count). The van der Waals surface area contributed by atoms with Crippen molar-refractivity contribution in [2.75, 3.05) is 19.8 Å². The van der Waals surface area contributed by atoms with E-state index in [-0.39, 0.29) is 23.4 Å². The summed E-state index contributed by atoms with van der Waals surface area (Å²) in [4.78, 5) is 18.6. The topological polar surface area (TPSA) is 59.7 Å². The number of halogens is 4. The third kappa shape index (κ3) is 3.83. The van der Waals surface area contributed by atoms with E-state index in [1.807, 2.05) is 13.8 Å². The molecular weight excluding hydrogens is 488 g/mol. The summed E-state index contributed by atoms with van der Waals surface area (Å²) in [5.74, 6) is -1.15. The van der Waals surface area contributed by atoms with Crippen LogP contribution >= 0.6 is 0 Å². The maximum absolute atomic E-state index is 14.4. The molecule has 10 heteroatoms. The number of likely N-dealkylation sites (tertiary alicyclic amines) is 1. The molecule has 3 aliphatic rings. The van der Waals surface area contributed by atoms with E-state index in [0.29, 0.717) is 44.5 Å². The van der Waals surface area contributed by atoms with E-state index in [0.717, 1.165) is 21.7 Å². The molecule has 0 radical (unpaired) electrons. The average molecular weight is 517 g/mol. The van der Waals surface area contributed by atoms with Crippen molar-refractivity contribution < 1.29 is 27.1 Å². The first kappa shape index (κ1) is 24.3. The van der Waals surface area contributed by atoms with Crippen LogP contribution in [0.25, 0.3) is 5.65 Å². The molecule has 0 bridgehead atoms. The number of alkyl halides is 3. The largest absolute Gasteiger partial charge is 0.413 e. The molecule has 2 fully saturated rings. The summed E-state index contributed by atoms with van der Waals surface area (Å²) in [7, 11) is 0. The van der Waals surface area contributed by atoms with Crippen LogP contribution in [0.4, 0.5) is 17.6 Å². The Labute approximate surface area is 211 Å². The Morgan fingerprint density at radius 2 is 1.81 bits per heavy atom. The van der Waals surface area contributed by atoms with E-state index >= 15 is 0 Å². The molecule has 37 heavy (non-hydrogen) atoms. The van der Waals surface area contributed by atoms with Gasteiger partial charge in [0.1, 0.15) is 0 Å². The molecule has 1 aliphatic carbocycles. The number of amides is 1. The van der Waals surface area contributed by atoms with Crippen LogP contribution in [0, 0.1) is 11.4 Å². The average Bonchev–Trinajstić information content (AvgIpc) is 3.46. The second-order valence-electron chi connectivity index (χ2n) is 11.2. The van der Waals surface area contributed by atoms with Gasteiger partial charge in [0.05, 0.1) is 11.1 Å². The SMILES string of the molecule is CC1(C)C[C@@H](c2ccc([C@H](N3CCC4(CCOCC4)C3=O)C(F)(F)F)cc2)c2cnc3cc(F)nn3c21. The molecule has 2 atom stereocenters. The van der Waals surface area contributed by atoms with Gasteiger partial charge in [-0.25, -0.2) is 9.50 Å². The van der Waals surface area contributed by atoms with Crippen LogP contribution in [0.15, 0.2) is 36.5 Å². The van der Waals surface area contributed by atoms with E-state index in [1.165, 1.54) is 22.7 Å². The van der Waals surface area contributed by atoms with Crippen molar-refractivity contribution >= 4 is 11.6 Å². The van der Waals surface area contributed by atoms with Crippen LogP contribution in [-0.2, 0) is 14.9 Å². The molecular formula is C27H28F4N4O2. The molecule has 1 amide bonds. The van der Waals surface area contributed by atoms with Gasteiger partial charge in [0.2, 0.25) is 11.9 Å². The van der Waals surface area contributed by atoms with E-state index in [9.17, 15) is 22.4 Å². The Morgan fingerprint density at radius 1 is 1.11 bits per heavy atom. The normalized spacial score (nSPS) is 23.7. The van der Waals surface area contributed by atoms with Gasteiger partial charge in [0.25, 0.3) is 0 Å². The van der Waals surface area contributed by atoms with Gasteiger partial charge in [0.15, 0.2) is 11.7 Å². The van der Waals surface area contributed by atoms with Crippen molar-refractivity contribution in [3.05, 3.63) is 64.9 Å². The lowest BCUT2D eigenvalue weighted by Crippen LogP contribution is -2.44. The maximum atomic E-state index is 14.4. The Balaban J connectivity index is 1.33. The number of nitrogens with zero attached hydrogens (tertiary/aromatic N) is 4. The first-order chi connectivity index (χ1) is 17.5. The molecule has 0 N–H and O–H groups in total. The molecule has 1 aromatic carbocycles. The number of carbonyl (C=O) groups excluding carboxylic acids is 1. The van der Waals surface area contributed by atoms with Crippen LogP contribution in [0.5, 0.6) is 0 Å². The molecule has 2 aliphatic heterocycles. The smallest absolute Gasteiger partial charge is 0.381 e. The van der Waals surface area contributed by atoms with Crippen molar-refractivity contribution in [2.24, 2.45) is 5.41 Å². The summed E-state index contributed by atoms with van der Waals surface area (Å²) in [6, 6.07) is 5.68. The summed E-state index contributed by atoms with van der Waals surface area (Å²) in [5.41, 5.74) is 1.97. The summed E-state index contributed by atoms with van der Waals surface area (Å²) in [5, 5.41) is 3.98.